The van der Waals surface area contributed by atoms with Gasteiger partial charge in [-0.3, -0.25) is 4.99 Å². The number of nitrogens with two attached hydrogens (primary N) is 1. The molecule has 1 aromatic rings. The van der Waals surface area contributed by atoms with Crippen molar-refractivity contribution in [2.45, 2.75) is 12.0 Å². The van der Waals surface area contributed by atoms with E-state index in [0.717, 1.165) is 23.6 Å². The second-order valence-electron chi connectivity index (χ2n) is 4.55. The lowest BCUT2D eigenvalue weighted by atomic mass is 10.1. The zero-order valence-corrected chi connectivity index (χ0v) is 11.7. The number of hydrogen-bond acceptors (Lipinski definition) is 4. The van der Waals surface area contributed by atoms with Crippen LogP contribution in [0.4, 0.5) is 5.69 Å². The fraction of sp³-hybridized carbons (Fsp3) is 0.462. The maximum absolute atomic E-state index is 10.2. The summed E-state index contributed by atoms with van der Waals surface area (Å²) in [5.74, 6) is 2.69. The minimum atomic E-state index is -0.711. The summed E-state index contributed by atoms with van der Waals surface area (Å²) in [6, 6.07) is 7.48. The van der Waals surface area contributed by atoms with Crippen LogP contribution in [0.25, 0.3) is 0 Å². The maximum Gasteiger partial charge on any atom is 0.193 e. The smallest absolute Gasteiger partial charge is 0.193 e. The Morgan fingerprint density at radius 1 is 1.58 bits per heavy atom. The first-order valence-electron chi connectivity index (χ1n) is 6.13. The number of aliphatic hydroxyl groups is 1. The summed E-state index contributed by atoms with van der Waals surface area (Å²) in [5, 5.41) is 13.2. The minimum absolute atomic E-state index is 0.287. The van der Waals surface area contributed by atoms with Gasteiger partial charge >= 0.3 is 0 Å². The Kier molecular flexibility index (Phi) is 4.55. The predicted molar refractivity (Wildman–Crippen MR) is 80.0 cm³/mol. The van der Waals surface area contributed by atoms with E-state index >= 15 is 0 Å². The van der Waals surface area contributed by atoms with Crippen molar-refractivity contribution in [3.05, 3.63) is 24.3 Å². The van der Waals surface area contributed by atoms with Gasteiger partial charge in [-0.25, -0.2) is 0 Å². The van der Waals surface area contributed by atoms with Gasteiger partial charge in [0.05, 0.1) is 24.9 Å². The molecule has 0 amide bonds. The Hall–Kier alpha value is -1.40. The molecule has 0 aliphatic carbocycles. The number of methoxy groups -OCH3 is 1. The third-order valence-electron chi connectivity index (χ3n) is 3.00. The van der Waals surface area contributed by atoms with Crippen LogP contribution in [-0.2, 0) is 0 Å². The average molecular weight is 281 g/mol. The van der Waals surface area contributed by atoms with Crippen molar-refractivity contribution in [2.75, 3.05) is 30.5 Å². The molecule has 1 aliphatic rings. The largest absolute Gasteiger partial charge is 0.495 e. The Bertz CT molecular complexity index is 459. The van der Waals surface area contributed by atoms with Gasteiger partial charge in [0.1, 0.15) is 5.75 Å². The van der Waals surface area contributed by atoms with E-state index in [2.05, 4.69) is 10.3 Å². The van der Waals surface area contributed by atoms with Gasteiger partial charge in [-0.1, -0.05) is 12.1 Å². The first-order chi connectivity index (χ1) is 9.13. The summed E-state index contributed by atoms with van der Waals surface area (Å²) in [4.78, 5) is 4.21. The van der Waals surface area contributed by atoms with E-state index in [1.165, 1.54) is 0 Å². The first-order valence-corrected chi connectivity index (χ1v) is 7.28. The topological polar surface area (TPSA) is 79.9 Å². The molecule has 1 saturated heterocycles. The number of rotatable bonds is 4. The predicted octanol–water partition coefficient (Wildman–Crippen LogP) is 1.29. The number of hydrogen-bond donors (Lipinski definition) is 3. The van der Waals surface area contributed by atoms with E-state index in [4.69, 9.17) is 10.5 Å². The molecule has 5 nitrogen and oxygen atoms in total. The number of thioether (sulfide) groups is 1. The third kappa shape index (κ3) is 3.78. The normalized spacial score (nSPS) is 23.4. The molecule has 19 heavy (non-hydrogen) atoms. The lowest BCUT2D eigenvalue weighted by Gasteiger charge is -2.18. The van der Waals surface area contributed by atoms with Gasteiger partial charge in [0.25, 0.3) is 0 Å². The van der Waals surface area contributed by atoms with Crippen LogP contribution in [0, 0.1) is 0 Å². The molecule has 2 rings (SSSR count). The number of para-hydroxylation sites is 2. The van der Waals surface area contributed by atoms with E-state index in [9.17, 15) is 5.11 Å². The van der Waals surface area contributed by atoms with Crippen molar-refractivity contribution >= 4 is 23.4 Å². The molecule has 0 radical (unpaired) electrons. The van der Waals surface area contributed by atoms with E-state index in [0.29, 0.717) is 12.3 Å². The zero-order valence-electron chi connectivity index (χ0n) is 10.9. The molecule has 4 N–H and O–H groups in total. The fourth-order valence-corrected chi connectivity index (χ4v) is 3.16. The van der Waals surface area contributed by atoms with Crippen molar-refractivity contribution in [1.82, 2.24) is 0 Å². The Labute approximate surface area is 117 Å². The molecule has 1 atom stereocenters. The molecular formula is C13H19N3O2S. The first kappa shape index (κ1) is 14.0. The van der Waals surface area contributed by atoms with Gasteiger partial charge in [-0.15, -0.1) is 0 Å². The summed E-state index contributed by atoms with van der Waals surface area (Å²) >= 11 is 1.74. The second kappa shape index (κ2) is 6.16. The van der Waals surface area contributed by atoms with E-state index in [-0.39, 0.29) is 5.96 Å². The van der Waals surface area contributed by atoms with E-state index < -0.39 is 5.60 Å². The van der Waals surface area contributed by atoms with Crippen molar-refractivity contribution in [3.63, 3.8) is 0 Å². The molecule has 0 bridgehead atoms. The van der Waals surface area contributed by atoms with Crippen LogP contribution in [0.2, 0.25) is 0 Å². The standard InChI is InChI=1S/C13H19N3O2S/c1-18-11-5-3-2-4-10(11)16-12(14)15-8-13(17)6-7-19-9-13/h2-5,17H,6-9H2,1H3,(H3,14,15,16). The number of ether oxygens (including phenoxy) is 1. The molecule has 1 unspecified atom stereocenters. The van der Waals surface area contributed by atoms with Crippen LogP contribution in [0.5, 0.6) is 5.75 Å². The molecule has 1 heterocycles. The van der Waals surface area contributed by atoms with Crippen LogP contribution in [0.1, 0.15) is 6.42 Å². The molecule has 1 aromatic carbocycles. The van der Waals surface area contributed by atoms with Crippen LogP contribution in [0.15, 0.2) is 29.3 Å². The van der Waals surface area contributed by atoms with Crippen molar-refractivity contribution in [3.8, 4) is 5.75 Å². The number of nitrogens with one attached hydrogen (secondary N) is 1. The van der Waals surface area contributed by atoms with Crippen molar-refractivity contribution in [2.24, 2.45) is 10.7 Å². The highest BCUT2D eigenvalue weighted by Crippen LogP contribution is 2.28. The molecule has 6 heteroatoms. The highest BCUT2D eigenvalue weighted by molar-refractivity contribution is 7.99. The van der Waals surface area contributed by atoms with E-state index in [1.54, 1.807) is 18.9 Å². The maximum atomic E-state index is 10.2. The molecule has 104 valence electrons. The SMILES string of the molecule is COc1ccccc1NC(N)=NCC1(O)CCSC1. The quantitative estimate of drug-likeness (QED) is 0.572. The number of nitrogens with zero attached hydrogens (tertiary/aromatic N) is 1. The summed E-state index contributed by atoms with van der Waals surface area (Å²) in [6.07, 6.45) is 0.767. The number of guanidine groups is 1. The van der Waals surface area contributed by atoms with Crippen LogP contribution >= 0.6 is 11.8 Å². The lowest BCUT2D eigenvalue weighted by Crippen LogP contribution is -2.34. The van der Waals surface area contributed by atoms with Gasteiger partial charge in [0, 0.05) is 5.75 Å². The van der Waals surface area contributed by atoms with E-state index in [1.807, 2.05) is 24.3 Å². The number of aliphatic imine (C=N–C) groups is 1. The average Bonchev–Trinajstić information content (AvgIpc) is 2.85. The summed E-state index contributed by atoms with van der Waals surface area (Å²) in [5.41, 5.74) is 5.88. The highest BCUT2D eigenvalue weighted by Gasteiger charge is 2.31. The Morgan fingerprint density at radius 3 is 3.05 bits per heavy atom. The molecular weight excluding hydrogens is 262 g/mol. The van der Waals surface area contributed by atoms with Crippen LogP contribution in [0.3, 0.4) is 0 Å². The van der Waals surface area contributed by atoms with Gasteiger partial charge in [0.2, 0.25) is 0 Å². The van der Waals surface area contributed by atoms with Crippen molar-refractivity contribution in [1.29, 1.82) is 0 Å². The van der Waals surface area contributed by atoms with Crippen molar-refractivity contribution < 1.29 is 9.84 Å². The molecule has 1 fully saturated rings. The minimum Gasteiger partial charge on any atom is -0.495 e. The highest BCUT2D eigenvalue weighted by atomic mass is 32.2. The zero-order chi connectivity index (χ0) is 13.7. The summed E-state index contributed by atoms with van der Waals surface area (Å²) in [7, 11) is 1.60. The monoisotopic (exact) mass is 281 g/mol. The van der Waals surface area contributed by atoms with Gasteiger partial charge < -0.3 is 20.9 Å². The number of benzene rings is 1. The Morgan fingerprint density at radius 2 is 2.37 bits per heavy atom. The Balaban J connectivity index is 1.98. The molecule has 0 aromatic heterocycles. The molecule has 1 aliphatic heterocycles. The lowest BCUT2D eigenvalue weighted by molar-refractivity contribution is 0.0780. The molecule has 0 spiro atoms. The summed E-state index contributed by atoms with van der Waals surface area (Å²) < 4.78 is 5.22. The van der Waals surface area contributed by atoms with Gasteiger partial charge in [-0.05, 0) is 24.3 Å². The fourth-order valence-electron chi connectivity index (χ4n) is 1.88. The molecule has 0 saturated carbocycles. The van der Waals surface area contributed by atoms with Gasteiger partial charge in [0.15, 0.2) is 5.96 Å². The van der Waals surface area contributed by atoms with Crippen LogP contribution < -0.4 is 15.8 Å². The van der Waals surface area contributed by atoms with Gasteiger partial charge in [-0.2, -0.15) is 11.8 Å². The second-order valence-corrected chi connectivity index (χ2v) is 5.66. The third-order valence-corrected chi connectivity index (χ3v) is 4.23. The number of anilines is 1. The van der Waals surface area contributed by atoms with Crippen LogP contribution in [-0.4, -0.2) is 41.8 Å². The summed E-state index contributed by atoms with van der Waals surface area (Å²) in [6.45, 7) is 0.327.